The van der Waals surface area contributed by atoms with Gasteiger partial charge in [0, 0.05) is 24.8 Å². The minimum Gasteiger partial charge on any atom is -0.481 e. The number of non-ortho nitro benzene ring substituents is 1. The van der Waals surface area contributed by atoms with Gasteiger partial charge in [0.05, 0.1) is 17.6 Å². The number of benzene rings is 1. The average molecular weight is 403 g/mol. The summed E-state index contributed by atoms with van der Waals surface area (Å²) in [6, 6.07) is 5.43. The molecular formula is C18H17N3O8. The third-order valence-corrected chi connectivity index (χ3v) is 4.24. The third kappa shape index (κ3) is 4.69. The van der Waals surface area contributed by atoms with Gasteiger partial charge in [-0.1, -0.05) is 11.8 Å². The van der Waals surface area contributed by atoms with Gasteiger partial charge < -0.3 is 19.7 Å². The largest absolute Gasteiger partial charge is 0.481 e. The van der Waals surface area contributed by atoms with Crippen LogP contribution in [0.1, 0.15) is 18.2 Å². The molecular weight excluding hydrogens is 386 g/mol. The van der Waals surface area contributed by atoms with Crippen molar-refractivity contribution in [2.45, 2.75) is 24.9 Å². The summed E-state index contributed by atoms with van der Waals surface area (Å²) in [4.78, 5) is 36.2. The molecule has 11 heteroatoms. The lowest BCUT2D eigenvalue weighted by Crippen LogP contribution is -2.33. The molecule has 1 aliphatic rings. The van der Waals surface area contributed by atoms with E-state index in [9.17, 15) is 24.8 Å². The van der Waals surface area contributed by atoms with E-state index in [1.54, 1.807) is 0 Å². The van der Waals surface area contributed by atoms with Crippen LogP contribution in [0.4, 0.5) is 5.69 Å². The van der Waals surface area contributed by atoms with Crippen LogP contribution >= 0.6 is 0 Å². The van der Waals surface area contributed by atoms with E-state index in [-0.39, 0.29) is 24.3 Å². The Bertz CT molecular complexity index is 1060. The van der Waals surface area contributed by atoms with Gasteiger partial charge >= 0.3 is 5.69 Å². The molecule has 1 aromatic heterocycles. The Balaban J connectivity index is 1.71. The fourth-order valence-electron chi connectivity index (χ4n) is 2.75. The van der Waals surface area contributed by atoms with Crippen LogP contribution in [0.15, 0.2) is 40.1 Å². The topological polar surface area (TPSA) is 157 Å². The van der Waals surface area contributed by atoms with Crippen molar-refractivity contribution in [1.29, 1.82) is 0 Å². The molecule has 152 valence electrons. The Morgan fingerprint density at radius 2 is 2.07 bits per heavy atom. The number of nitrogens with zero attached hydrogens (tertiary/aromatic N) is 2. The van der Waals surface area contributed by atoms with E-state index >= 15 is 0 Å². The molecule has 0 radical (unpaired) electrons. The van der Waals surface area contributed by atoms with Crippen molar-refractivity contribution in [3.8, 4) is 17.6 Å². The number of nitro benzene ring substituents is 1. The van der Waals surface area contributed by atoms with Crippen molar-refractivity contribution >= 4 is 5.69 Å². The summed E-state index contributed by atoms with van der Waals surface area (Å²) in [5.41, 5.74) is -1.49. The normalized spacial score (nSPS) is 20.7. The van der Waals surface area contributed by atoms with E-state index in [0.717, 1.165) is 4.57 Å². The van der Waals surface area contributed by atoms with Crippen molar-refractivity contribution in [1.82, 2.24) is 9.55 Å². The summed E-state index contributed by atoms with van der Waals surface area (Å²) in [6.45, 7) is -0.496. The minimum atomic E-state index is -0.937. The summed E-state index contributed by atoms with van der Waals surface area (Å²) in [7, 11) is 0. The van der Waals surface area contributed by atoms with Gasteiger partial charge in [0.15, 0.2) is 0 Å². The van der Waals surface area contributed by atoms with Gasteiger partial charge in [-0.05, 0) is 12.1 Å². The average Bonchev–Trinajstić information content (AvgIpc) is 3.07. The van der Waals surface area contributed by atoms with Crippen LogP contribution < -0.4 is 16.0 Å². The number of aromatic nitrogens is 2. The van der Waals surface area contributed by atoms with E-state index in [1.165, 1.54) is 30.5 Å². The van der Waals surface area contributed by atoms with E-state index < -0.39 is 41.2 Å². The first-order valence-corrected chi connectivity index (χ1v) is 8.55. The van der Waals surface area contributed by atoms with Crippen LogP contribution in [0.2, 0.25) is 0 Å². The highest BCUT2D eigenvalue weighted by Gasteiger charge is 2.35. The van der Waals surface area contributed by atoms with Gasteiger partial charge in [-0.25, -0.2) is 4.79 Å². The van der Waals surface area contributed by atoms with Crippen molar-refractivity contribution in [2.24, 2.45) is 0 Å². The van der Waals surface area contributed by atoms with Gasteiger partial charge in [0.25, 0.3) is 11.2 Å². The molecule has 1 fully saturated rings. The Kier molecular flexibility index (Phi) is 6.08. The number of aliphatic hydroxyl groups is 2. The summed E-state index contributed by atoms with van der Waals surface area (Å²) in [6.07, 6.45) is -1.30. The highest BCUT2D eigenvalue weighted by Crippen LogP contribution is 2.27. The SMILES string of the molecule is O=c1[nH]c(=O)n(C2C[C@H](O)C(CO)O2)cc1C#CCOc1ccc([N+](=O)[O-])cc1. The predicted molar refractivity (Wildman–Crippen MR) is 98.4 cm³/mol. The maximum atomic E-state index is 12.0. The maximum Gasteiger partial charge on any atom is 0.330 e. The summed E-state index contributed by atoms with van der Waals surface area (Å²) in [5, 5.41) is 29.6. The Morgan fingerprint density at radius 3 is 2.69 bits per heavy atom. The van der Waals surface area contributed by atoms with Gasteiger partial charge in [-0.15, -0.1) is 0 Å². The number of aliphatic hydroxyl groups excluding tert-OH is 2. The first kappa shape index (κ1) is 20.3. The Labute approximate surface area is 163 Å². The molecule has 0 spiro atoms. The first-order valence-electron chi connectivity index (χ1n) is 8.55. The minimum absolute atomic E-state index is 0.0116. The number of hydrogen-bond donors (Lipinski definition) is 3. The highest BCUT2D eigenvalue weighted by molar-refractivity contribution is 5.36. The lowest BCUT2D eigenvalue weighted by atomic mass is 10.2. The molecule has 1 aliphatic heterocycles. The number of nitrogens with one attached hydrogen (secondary N) is 1. The van der Waals surface area contributed by atoms with Gasteiger partial charge in [-0.2, -0.15) is 0 Å². The molecule has 2 aromatic rings. The fourth-order valence-corrected chi connectivity index (χ4v) is 2.75. The summed E-state index contributed by atoms with van der Waals surface area (Å²) < 4.78 is 11.8. The maximum absolute atomic E-state index is 12.0. The van der Waals surface area contributed by atoms with Crippen molar-refractivity contribution in [3.63, 3.8) is 0 Å². The van der Waals surface area contributed by atoms with Crippen molar-refractivity contribution < 1.29 is 24.6 Å². The second kappa shape index (κ2) is 8.70. The van der Waals surface area contributed by atoms with E-state index in [1.807, 2.05) is 0 Å². The van der Waals surface area contributed by atoms with Gasteiger partial charge in [-0.3, -0.25) is 24.5 Å². The standard InChI is InChI=1S/C18H17N3O8/c22-10-15-14(23)8-16(29-15)20-9-11(17(24)19-18(20)25)2-1-7-28-13-5-3-12(4-6-13)21(26)27/h3-6,9,14-16,22-23H,7-8,10H2,(H,19,24,25)/t14-,15?,16?/m0/s1. The molecule has 0 bridgehead atoms. The van der Waals surface area contributed by atoms with Crippen LogP contribution in [0, 0.1) is 22.0 Å². The van der Waals surface area contributed by atoms with E-state index in [2.05, 4.69) is 16.8 Å². The van der Waals surface area contributed by atoms with Crippen LogP contribution in [-0.2, 0) is 4.74 Å². The Hall–Kier alpha value is -3.46. The molecule has 2 unspecified atom stereocenters. The first-order chi connectivity index (χ1) is 13.9. The van der Waals surface area contributed by atoms with Crippen LogP contribution in [0.25, 0.3) is 0 Å². The molecule has 1 aromatic carbocycles. The molecule has 29 heavy (non-hydrogen) atoms. The number of H-pyrrole nitrogens is 1. The molecule has 3 N–H and O–H groups in total. The molecule has 3 rings (SSSR count). The third-order valence-electron chi connectivity index (χ3n) is 4.24. The van der Waals surface area contributed by atoms with Gasteiger partial charge in [0.1, 0.15) is 30.3 Å². The molecule has 1 saturated heterocycles. The molecule has 2 heterocycles. The van der Waals surface area contributed by atoms with E-state index in [0.29, 0.717) is 5.75 Å². The van der Waals surface area contributed by atoms with Crippen LogP contribution in [0.5, 0.6) is 5.75 Å². The highest BCUT2D eigenvalue weighted by atomic mass is 16.6. The number of rotatable bonds is 5. The monoisotopic (exact) mass is 403 g/mol. The van der Waals surface area contributed by atoms with Crippen molar-refractivity contribution in [2.75, 3.05) is 13.2 Å². The second-order valence-electron chi connectivity index (χ2n) is 6.17. The van der Waals surface area contributed by atoms with E-state index in [4.69, 9.17) is 14.6 Å². The van der Waals surface area contributed by atoms with Crippen LogP contribution in [0.3, 0.4) is 0 Å². The number of ether oxygens (including phenoxy) is 2. The predicted octanol–water partition coefficient (Wildman–Crippen LogP) is -0.484. The summed E-state index contributed by atoms with van der Waals surface area (Å²) in [5.74, 6) is 5.58. The molecule has 3 atom stereocenters. The van der Waals surface area contributed by atoms with Crippen molar-refractivity contribution in [3.05, 3.63) is 67.0 Å². The van der Waals surface area contributed by atoms with Gasteiger partial charge in [0.2, 0.25) is 0 Å². The smallest absolute Gasteiger partial charge is 0.330 e. The molecule has 0 saturated carbocycles. The van der Waals surface area contributed by atoms with Crippen LogP contribution in [-0.4, -0.2) is 50.1 Å². The molecule has 0 aliphatic carbocycles. The molecule has 11 nitrogen and oxygen atoms in total. The number of aromatic amines is 1. The second-order valence-corrected chi connectivity index (χ2v) is 6.17. The lowest BCUT2D eigenvalue weighted by Gasteiger charge is -2.14. The zero-order valence-electron chi connectivity index (χ0n) is 15.0. The Morgan fingerprint density at radius 1 is 1.34 bits per heavy atom. The quantitative estimate of drug-likeness (QED) is 0.343. The molecule has 0 amide bonds. The number of nitro groups is 1. The number of hydrogen-bond acceptors (Lipinski definition) is 8. The fraction of sp³-hybridized carbons (Fsp3) is 0.333. The summed E-state index contributed by atoms with van der Waals surface area (Å²) >= 11 is 0. The zero-order valence-corrected chi connectivity index (χ0v) is 15.0. The zero-order chi connectivity index (χ0) is 21.0. The lowest BCUT2D eigenvalue weighted by molar-refractivity contribution is -0.384.